The second-order valence-corrected chi connectivity index (χ2v) is 9.01. The molecule has 0 saturated carbocycles. The fourth-order valence-electron chi connectivity index (χ4n) is 4.80. The van der Waals surface area contributed by atoms with Gasteiger partial charge in [-0.05, 0) is 59.7 Å². The molecule has 34 heavy (non-hydrogen) atoms. The standard InChI is InChI=1S/C28H31FN4O/c29-24-3-1-2-21(17-24)16-20-4-6-22(7-5-20)28(30)31-11-10-23-19-32-27-9-8-25(18-26(23)27)33-12-14-34-15-13-33/h1-8,17-19,27,32H,9-16H2,(H2,30,31). The van der Waals surface area contributed by atoms with Crippen LogP contribution in [0.15, 0.2) is 83.7 Å². The predicted octanol–water partition coefficient (Wildman–Crippen LogP) is 4.12. The van der Waals surface area contributed by atoms with Crippen LogP contribution in [0.5, 0.6) is 0 Å². The van der Waals surface area contributed by atoms with E-state index < -0.39 is 0 Å². The van der Waals surface area contributed by atoms with E-state index in [0.717, 1.165) is 55.8 Å². The Morgan fingerprint density at radius 1 is 1.12 bits per heavy atom. The predicted molar refractivity (Wildman–Crippen MR) is 133 cm³/mol. The number of nitrogens with one attached hydrogen (secondary N) is 3. The lowest BCUT2D eigenvalue weighted by Gasteiger charge is -2.32. The molecule has 2 heterocycles. The molecule has 176 valence electrons. The van der Waals surface area contributed by atoms with Gasteiger partial charge in [0.25, 0.3) is 0 Å². The number of hydrogen-bond donors (Lipinski definition) is 3. The Bertz CT molecular complexity index is 1130. The van der Waals surface area contributed by atoms with Gasteiger partial charge in [0.05, 0.1) is 19.3 Å². The first kappa shape index (κ1) is 22.4. The summed E-state index contributed by atoms with van der Waals surface area (Å²) in [7, 11) is 0. The fourth-order valence-corrected chi connectivity index (χ4v) is 4.80. The van der Waals surface area contributed by atoms with Crippen molar-refractivity contribution in [3.63, 3.8) is 0 Å². The molecule has 1 aliphatic carbocycles. The van der Waals surface area contributed by atoms with Crippen LogP contribution in [0.2, 0.25) is 0 Å². The summed E-state index contributed by atoms with van der Waals surface area (Å²) in [5, 5.41) is 15.2. The first-order valence-corrected chi connectivity index (χ1v) is 12.0. The molecular weight excluding hydrogens is 427 g/mol. The summed E-state index contributed by atoms with van der Waals surface area (Å²) in [6.07, 6.45) is 9.34. The van der Waals surface area contributed by atoms with Crippen LogP contribution in [-0.4, -0.2) is 49.6 Å². The first-order valence-electron chi connectivity index (χ1n) is 12.0. The number of nitrogens with zero attached hydrogens (tertiary/aromatic N) is 1. The number of fused-ring (bicyclic) bond motifs is 1. The van der Waals surface area contributed by atoms with E-state index in [-0.39, 0.29) is 5.82 Å². The number of halogens is 1. The summed E-state index contributed by atoms with van der Waals surface area (Å²) in [6.45, 7) is 4.20. The summed E-state index contributed by atoms with van der Waals surface area (Å²) >= 11 is 0. The number of benzene rings is 2. The van der Waals surface area contributed by atoms with Gasteiger partial charge in [-0.1, -0.05) is 42.5 Å². The van der Waals surface area contributed by atoms with E-state index in [1.54, 1.807) is 12.1 Å². The average Bonchev–Trinajstić information content (AvgIpc) is 3.27. The molecule has 5 nitrogen and oxygen atoms in total. The van der Waals surface area contributed by atoms with Crippen molar-refractivity contribution in [2.24, 2.45) is 0 Å². The lowest BCUT2D eigenvalue weighted by Crippen LogP contribution is -2.36. The number of amidine groups is 1. The highest BCUT2D eigenvalue weighted by Gasteiger charge is 2.26. The normalized spacial score (nSPS) is 19.5. The molecule has 1 saturated heterocycles. The highest BCUT2D eigenvalue weighted by atomic mass is 19.1. The molecule has 3 N–H and O–H groups in total. The largest absolute Gasteiger partial charge is 0.384 e. The van der Waals surface area contributed by atoms with Crippen molar-refractivity contribution < 1.29 is 9.13 Å². The molecule has 5 rings (SSSR count). The third-order valence-electron chi connectivity index (χ3n) is 6.68. The highest BCUT2D eigenvalue weighted by Crippen LogP contribution is 2.31. The molecule has 2 aromatic rings. The monoisotopic (exact) mass is 458 g/mol. The summed E-state index contributed by atoms with van der Waals surface area (Å²) in [5.41, 5.74) is 6.90. The molecule has 0 radical (unpaired) electrons. The van der Waals surface area contributed by atoms with E-state index in [1.165, 1.54) is 22.9 Å². The molecule has 6 heteroatoms. The maximum atomic E-state index is 13.4. The molecular formula is C28H31FN4O. The van der Waals surface area contributed by atoms with E-state index >= 15 is 0 Å². The summed E-state index contributed by atoms with van der Waals surface area (Å²) in [6, 6.07) is 15.0. The first-order chi connectivity index (χ1) is 16.7. The molecule has 1 atom stereocenters. The Balaban J connectivity index is 1.13. The van der Waals surface area contributed by atoms with Crippen molar-refractivity contribution in [3.8, 4) is 0 Å². The molecule has 2 aliphatic heterocycles. The van der Waals surface area contributed by atoms with Crippen molar-refractivity contribution in [1.29, 1.82) is 5.41 Å². The van der Waals surface area contributed by atoms with E-state index in [4.69, 9.17) is 10.1 Å². The van der Waals surface area contributed by atoms with Gasteiger partial charge >= 0.3 is 0 Å². The molecule has 0 bridgehead atoms. The van der Waals surface area contributed by atoms with Gasteiger partial charge in [-0.15, -0.1) is 0 Å². The summed E-state index contributed by atoms with van der Waals surface area (Å²) < 4.78 is 18.9. The van der Waals surface area contributed by atoms with Gasteiger partial charge in [-0.2, -0.15) is 0 Å². The van der Waals surface area contributed by atoms with Gasteiger partial charge in [0, 0.05) is 37.1 Å². The number of hydrogen-bond acceptors (Lipinski definition) is 4. The average molecular weight is 459 g/mol. The van der Waals surface area contributed by atoms with E-state index in [1.807, 2.05) is 30.3 Å². The van der Waals surface area contributed by atoms with E-state index in [0.29, 0.717) is 24.8 Å². The lowest BCUT2D eigenvalue weighted by molar-refractivity contribution is 0.0550. The zero-order chi connectivity index (χ0) is 23.3. The van der Waals surface area contributed by atoms with Crippen LogP contribution in [0, 0.1) is 11.2 Å². The van der Waals surface area contributed by atoms with Gasteiger partial charge in [0.15, 0.2) is 0 Å². The SMILES string of the molecule is N=C(NCCC1=CNC2CC=C(N3CCOCC3)C=C12)c1ccc(Cc2cccc(F)c2)cc1. The lowest BCUT2D eigenvalue weighted by atomic mass is 9.92. The summed E-state index contributed by atoms with van der Waals surface area (Å²) in [5.74, 6) is 0.211. The quantitative estimate of drug-likeness (QED) is 0.432. The van der Waals surface area contributed by atoms with Crippen LogP contribution in [0.1, 0.15) is 29.5 Å². The van der Waals surface area contributed by atoms with Gasteiger partial charge in [0.1, 0.15) is 11.7 Å². The van der Waals surface area contributed by atoms with Crippen molar-refractivity contribution in [1.82, 2.24) is 15.5 Å². The second-order valence-electron chi connectivity index (χ2n) is 9.01. The molecule has 1 unspecified atom stereocenters. The topological polar surface area (TPSA) is 60.4 Å². The van der Waals surface area contributed by atoms with Crippen molar-refractivity contribution in [2.45, 2.75) is 25.3 Å². The second kappa shape index (κ2) is 10.3. The van der Waals surface area contributed by atoms with Gasteiger partial charge in [-0.25, -0.2) is 4.39 Å². The van der Waals surface area contributed by atoms with Gasteiger partial charge in [-0.3, -0.25) is 5.41 Å². The minimum atomic E-state index is -0.212. The fraction of sp³-hybridized carbons (Fsp3) is 0.321. The molecule has 3 aliphatic rings. The van der Waals surface area contributed by atoms with Crippen LogP contribution in [0.3, 0.4) is 0 Å². The maximum absolute atomic E-state index is 13.4. The Morgan fingerprint density at radius 3 is 2.74 bits per heavy atom. The zero-order valence-electron chi connectivity index (χ0n) is 19.3. The zero-order valence-corrected chi connectivity index (χ0v) is 19.3. The Kier molecular flexibility index (Phi) is 6.77. The third kappa shape index (κ3) is 5.23. The molecule has 0 spiro atoms. The van der Waals surface area contributed by atoms with Crippen LogP contribution in [0.25, 0.3) is 0 Å². The van der Waals surface area contributed by atoms with Crippen LogP contribution < -0.4 is 10.6 Å². The molecule has 0 aromatic heterocycles. The Morgan fingerprint density at radius 2 is 1.94 bits per heavy atom. The number of rotatable bonds is 7. The van der Waals surface area contributed by atoms with Gasteiger partial charge in [0.2, 0.25) is 0 Å². The number of allylic oxidation sites excluding steroid dienone is 1. The minimum Gasteiger partial charge on any atom is -0.384 e. The highest BCUT2D eigenvalue weighted by molar-refractivity contribution is 5.96. The molecule has 0 amide bonds. The Hall–Kier alpha value is -3.38. The molecule has 2 aromatic carbocycles. The van der Waals surface area contributed by atoms with Crippen LogP contribution >= 0.6 is 0 Å². The van der Waals surface area contributed by atoms with Gasteiger partial charge < -0.3 is 20.3 Å². The van der Waals surface area contributed by atoms with Crippen LogP contribution in [0.4, 0.5) is 4.39 Å². The summed E-state index contributed by atoms with van der Waals surface area (Å²) in [4.78, 5) is 2.41. The van der Waals surface area contributed by atoms with Crippen molar-refractivity contribution >= 4 is 5.84 Å². The van der Waals surface area contributed by atoms with E-state index in [9.17, 15) is 4.39 Å². The van der Waals surface area contributed by atoms with E-state index in [2.05, 4.69) is 33.9 Å². The smallest absolute Gasteiger partial charge is 0.125 e. The maximum Gasteiger partial charge on any atom is 0.125 e. The third-order valence-corrected chi connectivity index (χ3v) is 6.68. The number of ether oxygens (including phenoxy) is 1. The molecule has 1 fully saturated rings. The van der Waals surface area contributed by atoms with Crippen molar-refractivity contribution in [2.75, 3.05) is 32.8 Å². The minimum absolute atomic E-state index is 0.212. The number of morpholine rings is 1. The Labute approximate surface area is 200 Å². The van der Waals surface area contributed by atoms with Crippen molar-refractivity contribution in [3.05, 3.63) is 106 Å². The van der Waals surface area contributed by atoms with Crippen LogP contribution in [-0.2, 0) is 11.2 Å².